The van der Waals surface area contributed by atoms with Crippen LogP contribution in [-0.2, 0) is 9.59 Å². The lowest BCUT2D eigenvalue weighted by Gasteiger charge is -2.21. The van der Waals surface area contributed by atoms with E-state index in [0.29, 0.717) is 11.3 Å². The average Bonchev–Trinajstić information content (AvgIpc) is 2.93. The van der Waals surface area contributed by atoms with Crippen molar-refractivity contribution in [3.05, 3.63) is 59.2 Å². The Hall–Kier alpha value is -3.28. The highest BCUT2D eigenvalue weighted by Gasteiger charge is 2.34. The number of benzene rings is 2. The first-order valence-corrected chi connectivity index (χ1v) is 8.96. The minimum absolute atomic E-state index is 0.0125. The fourth-order valence-electron chi connectivity index (χ4n) is 3.03. The summed E-state index contributed by atoms with van der Waals surface area (Å²) in [5.74, 6) is -0.912. The Kier molecular flexibility index (Phi) is 5.16. The molecule has 2 aromatic rings. The van der Waals surface area contributed by atoms with Gasteiger partial charge < -0.3 is 10.0 Å². The van der Waals surface area contributed by atoms with Gasteiger partial charge in [0.2, 0.25) is 0 Å². The number of anilines is 2. The van der Waals surface area contributed by atoms with Crippen LogP contribution in [-0.4, -0.2) is 30.0 Å². The molecule has 6 nitrogen and oxygen atoms in total. The Morgan fingerprint density at radius 1 is 1.07 bits per heavy atom. The molecule has 0 atom stereocenters. The molecule has 0 bridgehead atoms. The Balaban J connectivity index is 1.89. The summed E-state index contributed by atoms with van der Waals surface area (Å²) in [6.45, 7) is 7.67. The predicted molar refractivity (Wildman–Crippen MR) is 106 cm³/mol. The smallest absolute Gasteiger partial charge is 0.282 e. The van der Waals surface area contributed by atoms with Crippen LogP contribution < -0.4 is 15.3 Å². The van der Waals surface area contributed by atoms with Crippen LogP contribution in [0, 0.1) is 6.92 Å². The molecule has 1 aliphatic rings. The highest BCUT2D eigenvalue weighted by molar-refractivity contribution is 6.31. The van der Waals surface area contributed by atoms with E-state index in [0.717, 1.165) is 24.3 Å². The lowest BCUT2D eigenvalue weighted by atomic mass is 10.1. The number of phenols is 1. The van der Waals surface area contributed by atoms with E-state index in [9.17, 15) is 14.7 Å². The molecule has 0 radical (unpaired) electrons. The van der Waals surface area contributed by atoms with Gasteiger partial charge in [-0.3, -0.25) is 15.0 Å². The maximum absolute atomic E-state index is 12.7. The highest BCUT2D eigenvalue weighted by atomic mass is 16.3. The average molecular weight is 365 g/mol. The van der Waals surface area contributed by atoms with Gasteiger partial charge in [-0.15, -0.1) is 0 Å². The summed E-state index contributed by atoms with van der Waals surface area (Å²) in [6.07, 6.45) is 1.42. The zero-order valence-electron chi connectivity index (χ0n) is 15.7. The standard InChI is InChI=1S/C21H23N3O3/c1-4-23(5-2)17-11-8-15(19(25)13-17)12-18-20(26)22-24(21(18)27)16-9-6-14(3)7-10-16/h6-13,25H,4-5H2,1-3H3,(H,22,26). The zero-order chi connectivity index (χ0) is 19.6. The summed E-state index contributed by atoms with van der Waals surface area (Å²) in [5, 5.41) is 11.6. The first kappa shape index (κ1) is 18.5. The number of hydrogen-bond donors (Lipinski definition) is 2. The van der Waals surface area contributed by atoms with E-state index in [1.807, 2.05) is 39.0 Å². The molecule has 0 unspecified atom stereocenters. The zero-order valence-corrected chi connectivity index (χ0v) is 15.7. The van der Waals surface area contributed by atoms with Crippen LogP contribution in [0.15, 0.2) is 48.0 Å². The molecule has 0 spiro atoms. The SMILES string of the molecule is CCN(CC)c1ccc(C=C2C(=O)NN(c3ccc(C)cc3)C2=O)c(O)c1. The first-order chi connectivity index (χ1) is 12.9. The molecule has 0 aliphatic carbocycles. The van der Waals surface area contributed by atoms with Gasteiger partial charge in [0.05, 0.1) is 5.69 Å². The Bertz CT molecular complexity index is 899. The number of hydrazine groups is 1. The van der Waals surface area contributed by atoms with Crippen LogP contribution >= 0.6 is 0 Å². The normalized spacial score (nSPS) is 15.4. The molecular weight excluding hydrogens is 342 g/mol. The molecule has 1 saturated heterocycles. The fraction of sp³-hybridized carbons (Fsp3) is 0.238. The van der Waals surface area contributed by atoms with E-state index < -0.39 is 11.8 Å². The Morgan fingerprint density at radius 2 is 1.74 bits per heavy atom. The topological polar surface area (TPSA) is 72.9 Å². The molecule has 6 heteroatoms. The van der Waals surface area contributed by atoms with E-state index in [-0.39, 0.29) is 11.3 Å². The number of phenolic OH excluding ortho intramolecular Hbond substituents is 1. The Labute approximate surface area is 158 Å². The minimum atomic E-state index is -0.493. The Morgan fingerprint density at radius 3 is 2.33 bits per heavy atom. The largest absolute Gasteiger partial charge is 0.507 e. The molecule has 2 aromatic carbocycles. The van der Waals surface area contributed by atoms with Crippen molar-refractivity contribution in [2.45, 2.75) is 20.8 Å². The number of rotatable bonds is 5. The second kappa shape index (κ2) is 7.53. The third-order valence-corrected chi connectivity index (χ3v) is 4.63. The molecule has 2 amide bonds. The van der Waals surface area contributed by atoms with Gasteiger partial charge in [0.1, 0.15) is 11.3 Å². The lowest BCUT2D eigenvalue weighted by molar-refractivity contribution is -0.117. The van der Waals surface area contributed by atoms with Gasteiger partial charge in [0.15, 0.2) is 0 Å². The molecule has 140 valence electrons. The molecule has 2 N–H and O–H groups in total. The van der Waals surface area contributed by atoms with Crippen LogP contribution in [0.25, 0.3) is 6.08 Å². The van der Waals surface area contributed by atoms with Crippen molar-refractivity contribution in [3.63, 3.8) is 0 Å². The van der Waals surface area contributed by atoms with Gasteiger partial charge in [-0.05, 0) is 51.1 Å². The molecule has 3 rings (SSSR count). The van der Waals surface area contributed by atoms with E-state index in [1.54, 1.807) is 24.3 Å². The van der Waals surface area contributed by atoms with Gasteiger partial charge in [-0.25, -0.2) is 5.01 Å². The van der Waals surface area contributed by atoms with Crippen molar-refractivity contribution >= 4 is 29.3 Å². The van der Waals surface area contributed by atoms with Gasteiger partial charge in [-0.2, -0.15) is 0 Å². The van der Waals surface area contributed by atoms with E-state index in [1.165, 1.54) is 11.1 Å². The van der Waals surface area contributed by atoms with E-state index >= 15 is 0 Å². The summed E-state index contributed by atoms with van der Waals surface area (Å²) in [6, 6.07) is 12.5. The second-order valence-electron chi connectivity index (χ2n) is 6.39. The molecule has 0 aromatic heterocycles. The summed E-state index contributed by atoms with van der Waals surface area (Å²) >= 11 is 0. The lowest BCUT2D eigenvalue weighted by Crippen LogP contribution is -2.35. The van der Waals surface area contributed by atoms with Gasteiger partial charge in [0.25, 0.3) is 11.8 Å². The molecule has 1 aliphatic heterocycles. The first-order valence-electron chi connectivity index (χ1n) is 8.96. The van der Waals surface area contributed by atoms with Crippen molar-refractivity contribution in [1.82, 2.24) is 5.43 Å². The number of carbonyl (C=O) groups excluding carboxylic acids is 2. The third kappa shape index (κ3) is 3.65. The monoisotopic (exact) mass is 365 g/mol. The third-order valence-electron chi connectivity index (χ3n) is 4.63. The van der Waals surface area contributed by atoms with Crippen LogP contribution in [0.2, 0.25) is 0 Å². The summed E-state index contributed by atoms with van der Waals surface area (Å²) in [7, 11) is 0. The van der Waals surface area contributed by atoms with Crippen molar-refractivity contribution in [2.75, 3.05) is 23.0 Å². The number of aromatic hydroxyl groups is 1. The van der Waals surface area contributed by atoms with Crippen LogP contribution in [0.5, 0.6) is 5.75 Å². The molecule has 27 heavy (non-hydrogen) atoms. The van der Waals surface area contributed by atoms with E-state index in [4.69, 9.17) is 0 Å². The molecule has 0 saturated carbocycles. The summed E-state index contributed by atoms with van der Waals surface area (Å²) < 4.78 is 0. The second-order valence-corrected chi connectivity index (χ2v) is 6.39. The number of hydrogen-bond acceptors (Lipinski definition) is 4. The maximum atomic E-state index is 12.7. The number of carbonyl (C=O) groups is 2. The minimum Gasteiger partial charge on any atom is -0.507 e. The van der Waals surface area contributed by atoms with Gasteiger partial charge in [0, 0.05) is 30.4 Å². The number of nitrogens with zero attached hydrogens (tertiary/aromatic N) is 2. The van der Waals surface area contributed by atoms with Crippen molar-refractivity contribution in [2.24, 2.45) is 0 Å². The summed E-state index contributed by atoms with van der Waals surface area (Å²) in [5.41, 5.74) is 5.52. The van der Waals surface area contributed by atoms with Gasteiger partial charge >= 0.3 is 0 Å². The van der Waals surface area contributed by atoms with E-state index in [2.05, 4.69) is 10.3 Å². The van der Waals surface area contributed by atoms with Crippen molar-refractivity contribution in [1.29, 1.82) is 0 Å². The number of amides is 2. The molecule has 1 heterocycles. The maximum Gasteiger partial charge on any atom is 0.282 e. The van der Waals surface area contributed by atoms with Crippen LogP contribution in [0.1, 0.15) is 25.0 Å². The number of nitrogens with one attached hydrogen (secondary N) is 1. The van der Waals surface area contributed by atoms with Crippen molar-refractivity contribution < 1.29 is 14.7 Å². The van der Waals surface area contributed by atoms with Crippen molar-refractivity contribution in [3.8, 4) is 5.75 Å². The van der Waals surface area contributed by atoms with Crippen LogP contribution in [0.4, 0.5) is 11.4 Å². The molecule has 1 fully saturated rings. The number of aryl methyl sites for hydroxylation is 1. The quantitative estimate of drug-likeness (QED) is 0.631. The predicted octanol–water partition coefficient (Wildman–Crippen LogP) is 3.01. The van der Waals surface area contributed by atoms with Crippen LogP contribution in [0.3, 0.4) is 0 Å². The summed E-state index contributed by atoms with van der Waals surface area (Å²) in [4.78, 5) is 27.1. The van der Waals surface area contributed by atoms with Gasteiger partial charge in [-0.1, -0.05) is 17.7 Å². The fourth-order valence-corrected chi connectivity index (χ4v) is 3.03. The highest BCUT2D eigenvalue weighted by Crippen LogP contribution is 2.28. The molecular formula is C21H23N3O3.